The van der Waals surface area contributed by atoms with Gasteiger partial charge in [0, 0.05) is 23.9 Å². The Morgan fingerprint density at radius 3 is 2.84 bits per heavy atom. The molecule has 2 rings (SSSR count). The molecule has 106 valence electrons. The molecule has 2 atom stereocenters. The standard InChI is InChI=1S/C14H19ClF2N2/c15-12-3-1-2-10(6-12)7-13(19-18)8-11-4-5-14(16,17)9-11/h1-3,6,11,13,19H,4-5,7-9,18H2. The lowest BCUT2D eigenvalue weighted by Crippen LogP contribution is -2.38. The molecular weight excluding hydrogens is 270 g/mol. The highest BCUT2D eigenvalue weighted by atomic mass is 35.5. The van der Waals surface area contributed by atoms with Crippen LogP contribution in [0.1, 0.15) is 31.2 Å². The van der Waals surface area contributed by atoms with E-state index in [2.05, 4.69) is 5.43 Å². The van der Waals surface area contributed by atoms with Gasteiger partial charge in [0.15, 0.2) is 0 Å². The predicted molar refractivity (Wildman–Crippen MR) is 73.2 cm³/mol. The summed E-state index contributed by atoms with van der Waals surface area (Å²) in [5.41, 5.74) is 3.81. The topological polar surface area (TPSA) is 38.0 Å². The first-order chi connectivity index (χ1) is 8.98. The van der Waals surface area contributed by atoms with Crippen LogP contribution in [0, 0.1) is 5.92 Å². The van der Waals surface area contributed by atoms with E-state index in [0.29, 0.717) is 24.3 Å². The van der Waals surface area contributed by atoms with E-state index in [1.54, 1.807) is 0 Å². The number of benzene rings is 1. The van der Waals surface area contributed by atoms with E-state index < -0.39 is 5.92 Å². The van der Waals surface area contributed by atoms with Crippen LogP contribution in [-0.2, 0) is 6.42 Å². The van der Waals surface area contributed by atoms with Crippen molar-refractivity contribution in [2.45, 2.75) is 44.1 Å². The van der Waals surface area contributed by atoms with Gasteiger partial charge in [0.1, 0.15) is 0 Å². The number of hydrogen-bond donors (Lipinski definition) is 2. The molecule has 2 nitrogen and oxygen atoms in total. The molecular formula is C14H19ClF2N2. The minimum atomic E-state index is -2.49. The van der Waals surface area contributed by atoms with E-state index >= 15 is 0 Å². The van der Waals surface area contributed by atoms with Gasteiger partial charge in [0.05, 0.1) is 0 Å². The highest BCUT2D eigenvalue weighted by molar-refractivity contribution is 6.30. The fourth-order valence-electron chi connectivity index (χ4n) is 2.80. The lowest BCUT2D eigenvalue weighted by atomic mass is 9.94. The lowest BCUT2D eigenvalue weighted by molar-refractivity contribution is 0.00432. The molecule has 0 heterocycles. The summed E-state index contributed by atoms with van der Waals surface area (Å²) in [5.74, 6) is 3.10. The van der Waals surface area contributed by atoms with Crippen molar-refractivity contribution < 1.29 is 8.78 Å². The van der Waals surface area contributed by atoms with Crippen LogP contribution in [0.2, 0.25) is 5.02 Å². The van der Waals surface area contributed by atoms with Gasteiger partial charge in [-0.25, -0.2) is 8.78 Å². The van der Waals surface area contributed by atoms with Crippen molar-refractivity contribution in [3.05, 3.63) is 34.9 Å². The van der Waals surface area contributed by atoms with Gasteiger partial charge >= 0.3 is 0 Å². The molecule has 0 aromatic heterocycles. The van der Waals surface area contributed by atoms with Gasteiger partial charge in [-0.15, -0.1) is 0 Å². The third-order valence-electron chi connectivity index (χ3n) is 3.73. The van der Waals surface area contributed by atoms with Crippen molar-refractivity contribution in [3.8, 4) is 0 Å². The molecule has 0 radical (unpaired) electrons. The Kier molecular flexibility index (Phi) is 4.76. The van der Waals surface area contributed by atoms with Gasteiger partial charge in [-0.05, 0) is 42.9 Å². The molecule has 3 N–H and O–H groups in total. The molecule has 1 fully saturated rings. The second kappa shape index (κ2) is 6.16. The lowest BCUT2D eigenvalue weighted by Gasteiger charge is -2.20. The molecule has 1 aromatic rings. The summed E-state index contributed by atoms with van der Waals surface area (Å²) in [6.45, 7) is 0. The molecule has 2 unspecified atom stereocenters. The molecule has 0 aliphatic heterocycles. The second-order valence-corrected chi connectivity index (χ2v) is 5.83. The number of nitrogens with one attached hydrogen (secondary N) is 1. The summed E-state index contributed by atoms with van der Waals surface area (Å²) >= 11 is 5.93. The van der Waals surface area contributed by atoms with Crippen LogP contribution < -0.4 is 11.3 Å². The largest absolute Gasteiger partial charge is 0.271 e. The van der Waals surface area contributed by atoms with E-state index in [9.17, 15) is 8.78 Å². The molecule has 0 bridgehead atoms. The Balaban J connectivity index is 1.90. The smallest absolute Gasteiger partial charge is 0.248 e. The van der Waals surface area contributed by atoms with Crippen LogP contribution >= 0.6 is 11.6 Å². The van der Waals surface area contributed by atoms with Crippen molar-refractivity contribution in [2.75, 3.05) is 0 Å². The van der Waals surface area contributed by atoms with Gasteiger partial charge in [0.2, 0.25) is 5.92 Å². The molecule has 1 aromatic carbocycles. The SMILES string of the molecule is NNC(Cc1cccc(Cl)c1)CC1CCC(F)(F)C1. The monoisotopic (exact) mass is 288 g/mol. The molecule has 1 aliphatic rings. The zero-order chi connectivity index (χ0) is 13.9. The molecule has 0 amide bonds. The highest BCUT2D eigenvalue weighted by Crippen LogP contribution is 2.40. The molecule has 1 aliphatic carbocycles. The highest BCUT2D eigenvalue weighted by Gasteiger charge is 2.39. The Morgan fingerprint density at radius 2 is 2.26 bits per heavy atom. The number of halogens is 3. The number of hydrogen-bond acceptors (Lipinski definition) is 2. The first-order valence-electron chi connectivity index (χ1n) is 6.57. The van der Waals surface area contributed by atoms with E-state index in [4.69, 9.17) is 17.4 Å². The summed E-state index contributed by atoms with van der Waals surface area (Å²) in [5, 5.41) is 0.681. The number of rotatable bonds is 5. The quantitative estimate of drug-likeness (QED) is 0.642. The van der Waals surface area contributed by atoms with Crippen LogP contribution in [0.25, 0.3) is 0 Å². The van der Waals surface area contributed by atoms with Crippen molar-refractivity contribution >= 4 is 11.6 Å². The average Bonchev–Trinajstić information content (AvgIpc) is 2.68. The zero-order valence-electron chi connectivity index (χ0n) is 10.7. The Morgan fingerprint density at radius 1 is 1.47 bits per heavy atom. The van der Waals surface area contributed by atoms with E-state index in [1.165, 1.54) is 0 Å². The minimum Gasteiger partial charge on any atom is -0.271 e. The van der Waals surface area contributed by atoms with E-state index in [1.807, 2.05) is 24.3 Å². The van der Waals surface area contributed by atoms with Gasteiger partial charge in [-0.3, -0.25) is 11.3 Å². The molecule has 19 heavy (non-hydrogen) atoms. The Hall–Kier alpha value is -0.710. The van der Waals surface area contributed by atoms with Crippen molar-refractivity contribution in [2.24, 2.45) is 11.8 Å². The third-order valence-corrected chi connectivity index (χ3v) is 3.97. The summed E-state index contributed by atoms with van der Waals surface area (Å²) in [4.78, 5) is 0. The van der Waals surface area contributed by atoms with Crippen LogP contribution in [-0.4, -0.2) is 12.0 Å². The second-order valence-electron chi connectivity index (χ2n) is 5.40. The molecule has 1 saturated carbocycles. The maximum Gasteiger partial charge on any atom is 0.248 e. The Labute approximate surface area is 117 Å². The van der Waals surface area contributed by atoms with Crippen LogP contribution in [0.3, 0.4) is 0 Å². The van der Waals surface area contributed by atoms with E-state index in [-0.39, 0.29) is 24.8 Å². The van der Waals surface area contributed by atoms with Gasteiger partial charge < -0.3 is 0 Å². The van der Waals surface area contributed by atoms with Gasteiger partial charge in [0.25, 0.3) is 0 Å². The van der Waals surface area contributed by atoms with Gasteiger partial charge in [-0.2, -0.15) is 0 Å². The average molecular weight is 289 g/mol. The summed E-state index contributed by atoms with van der Waals surface area (Å²) in [6.07, 6.45) is 1.96. The van der Waals surface area contributed by atoms with E-state index in [0.717, 1.165) is 5.56 Å². The van der Waals surface area contributed by atoms with Crippen molar-refractivity contribution in [1.82, 2.24) is 5.43 Å². The predicted octanol–water partition coefficient (Wildman–Crippen LogP) is 3.54. The Bertz CT molecular complexity index is 426. The normalized spacial score (nSPS) is 23.5. The summed E-state index contributed by atoms with van der Waals surface area (Å²) in [7, 11) is 0. The molecule has 5 heteroatoms. The fraction of sp³-hybridized carbons (Fsp3) is 0.571. The molecule has 0 saturated heterocycles. The molecule has 0 spiro atoms. The maximum atomic E-state index is 13.2. The van der Waals surface area contributed by atoms with Crippen LogP contribution in [0.15, 0.2) is 24.3 Å². The van der Waals surface area contributed by atoms with Crippen molar-refractivity contribution in [1.29, 1.82) is 0 Å². The number of hydrazine groups is 1. The van der Waals surface area contributed by atoms with Crippen LogP contribution in [0.4, 0.5) is 8.78 Å². The first kappa shape index (κ1) is 14.7. The van der Waals surface area contributed by atoms with Gasteiger partial charge in [-0.1, -0.05) is 23.7 Å². The number of nitrogens with two attached hydrogens (primary N) is 1. The number of alkyl halides is 2. The van der Waals surface area contributed by atoms with Crippen LogP contribution in [0.5, 0.6) is 0 Å². The zero-order valence-corrected chi connectivity index (χ0v) is 11.5. The fourth-order valence-corrected chi connectivity index (χ4v) is 3.02. The van der Waals surface area contributed by atoms with Crippen molar-refractivity contribution in [3.63, 3.8) is 0 Å². The summed E-state index contributed by atoms with van der Waals surface area (Å²) in [6, 6.07) is 7.56. The summed E-state index contributed by atoms with van der Waals surface area (Å²) < 4.78 is 26.3. The minimum absolute atomic E-state index is 0.00607. The third kappa shape index (κ3) is 4.41. The first-order valence-corrected chi connectivity index (χ1v) is 6.95. The maximum absolute atomic E-state index is 13.2.